The van der Waals surface area contributed by atoms with E-state index in [-0.39, 0.29) is 17.4 Å². The molecular weight excluding hydrogens is 334 g/mol. The van der Waals surface area contributed by atoms with Crippen LogP contribution in [0.25, 0.3) is 0 Å². The minimum absolute atomic E-state index is 0.0313. The van der Waals surface area contributed by atoms with Crippen LogP contribution in [0.3, 0.4) is 0 Å². The van der Waals surface area contributed by atoms with Crippen LogP contribution < -0.4 is 4.87 Å². The van der Waals surface area contributed by atoms with Gasteiger partial charge in [0, 0.05) is 11.1 Å². The van der Waals surface area contributed by atoms with Crippen LogP contribution in [0.1, 0.15) is 22.7 Å². The number of esters is 1. The molecule has 0 aliphatic rings. The first-order valence-electron chi connectivity index (χ1n) is 8.08. The Morgan fingerprint density at radius 2 is 1.60 bits per heavy atom. The Morgan fingerprint density at radius 3 is 2.08 bits per heavy atom. The number of thiazole rings is 1. The van der Waals surface area contributed by atoms with Gasteiger partial charge < -0.3 is 4.74 Å². The molecule has 2 aromatic carbocycles. The van der Waals surface area contributed by atoms with Gasteiger partial charge in [0.1, 0.15) is 12.5 Å². The number of rotatable bonds is 6. The normalized spacial score (nSPS) is 10.8. The summed E-state index contributed by atoms with van der Waals surface area (Å²) in [6, 6.07) is 19.2. The number of aromatic nitrogens is 1. The standard InChI is InChI=1S/C20H19NO3S/c1-15-14-25-20(23)21(15)12-13-24-19(22)18(16-8-4-2-5-9-16)17-10-6-3-7-11-17/h2-11,14,18H,12-13H2,1H3. The van der Waals surface area contributed by atoms with E-state index in [2.05, 4.69) is 0 Å². The number of carbonyl (C=O) groups is 1. The smallest absolute Gasteiger partial charge is 0.317 e. The lowest BCUT2D eigenvalue weighted by Crippen LogP contribution is -2.22. The molecule has 0 saturated heterocycles. The lowest BCUT2D eigenvalue weighted by atomic mass is 9.91. The van der Waals surface area contributed by atoms with E-state index < -0.39 is 5.92 Å². The van der Waals surface area contributed by atoms with Gasteiger partial charge in [-0.3, -0.25) is 14.2 Å². The number of carbonyl (C=O) groups excluding carboxylic acids is 1. The van der Waals surface area contributed by atoms with Crippen LogP contribution in [0, 0.1) is 6.92 Å². The number of aryl methyl sites for hydroxylation is 1. The van der Waals surface area contributed by atoms with Gasteiger partial charge in [-0.25, -0.2) is 0 Å². The zero-order valence-corrected chi connectivity index (χ0v) is 14.7. The Labute approximate surface area is 150 Å². The van der Waals surface area contributed by atoms with Gasteiger partial charge in [0.05, 0.1) is 6.54 Å². The summed E-state index contributed by atoms with van der Waals surface area (Å²) in [6.45, 7) is 2.42. The molecule has 0 fully saturated rings. The molecule has 3 rings (SSSR count). The summed E-state index contributed by atoms with van der Waals surface area (Å²) < 4.78 is 7.13. The molecule has 0 spiro atoms. The molecule has 0 saturated carbocycles. The van der Waals surface area contributed by atoms with Crippen molar-refractivity contribution in [3.63, 3.8) is 0 Å². The van der Waals surface area contributed by atoms with Crippen molar-refractivity contribution in [3.05, 3.63) is 92.5 Å². The third kappa shape index (κ3) is 4.06. The van der Waals surface area contributed by atoms with E-state index in [9.17, 15) is 9.59 Å². The molecule has 0 amide bonds. The Bertz CT molecular complexity index is 845. The summed E-state index contributed by atoms with van der Waals surface area (Å²) in [5.74, 6) is -0.777. The molecule has 4 nitrogen and oxygen atoms in total. The van der Waals surface area contributed by atoms with Crippen molar-refractivity contribution in [3.8, 4) is 0 Å². The predicted octanol–water partition coefficient (Wildman–Crippen LogP) is 3.59. The van der Waals surface area contributed by atoms with Crippen molar-refractivity contribution in [1.29, 1.82) is 0 Å². The summed E-state index contributed by atoms with van der Waals surface area (Å²) in [7, 11) is 0. The molecule has 3 aromatic rings. The van der Waals surface area contributed by atoms with Crippen molar-refractivity contribution in [2.75, 3.05) is 6.61 Å². The van der Waals surface area contributed by atoms with Crippen LogP contribution in [0.5, 0.6) is 0 Å². The summed E-state index contributed by atoms with van der Waals surface area (Å²) in [5.41, 5.74) is 2.67. The Kier molecular flexibility index (Phi) is 5.46. The predicted molar refractivity (Wildman–Crippen MR) is 99.0 cm³/mol. The molecule has 0 atom stereocenters. The summed E-state index contributed by atoms with van der Waals surface area (Å²) in [4.78, 5) is 24.4. The molecule has 25 heavy (non-hydrogen) atoms. The SMILES string of the molecule is Cc1csc(=O)n1CCOC(=O)C(c1ccccc1)c1ccccc1. The van der Waals surface area contributed by atoms with E-state index >= 15 is 0 Å². The van der Waals surface area contributed by atoms with E-state index in [0.717, 1.165) is 28.2 Å². The Morgan fingerprint density at radius 1 is 1.04 bits per heavy atom. The van der Waals surface area contributed by atoms with Crippen molar-refractivity contribution < 1.29 is 9.53 Å². The second-order valence-electron chi connectivity index (χ2n) is 5.72. The minimum atomic E-state index is -0.470. The molecule has 128 valence electrons. The quantitative estimate of drug-likeness (QED) is 0.636. The largest absolute Gasteiger partial charge is 0.463 e. The maximum Gasteiger partial charge on any atom is 0.317 e. The molecular formula is C20H19NO3S. The lowest BCUT2D eigenvalue weighted by Gasteiger charge is -2.17. The summed E-state index contributed by atoms with van der Waals surface area (Å²) >= 11 is 1.16. The average molecular weight is 353 g/mol. The molecule has 1 heterocycles. The van der Waals surface area contributed by atoms with Gasteiger partial charge in [0.2, 0.25) is 0 Å². The van der Waals surface area contributed by atoms with E-state index in [0.29, 0.717) is 6.54 Å². The number of benzene rings is 2. The van der Waals surface area contributed by atoms with Gasteiger partial charge >= 0.3 is 10.8 Å². The van der Waals surface area contributed by atoms with E-state index in [4.69, 9.17) is 4.74 Å². The van der Waals surface area contributed by atoms with Gasteiger partial charge in [-0.2, -0.15) is 0 Å². The molecule has 0 unspecified atom stereocenters. The lowest BCUT2D eigenvalue weighted by molar-refractivity contribution is -0.144. The van der Waals surface area contributed by atoms with Crippen LogP contribution in [0.2, 0.25) is 0 Å². The molecule has 0 bridgehead atoms. The molecule has 0 N–H and O–H groups in total. The zero-order chi connectivity index (χ0) is 17.6. The van der Waals surface area contributed by atoms with E-state index in [1.807, 2.05) is 67.6 Å². The average Bonchev–Trinajstić information content (AvgIpc) is 2.96. The highest BCUT2D eigenvalue weighted by atomic mass is 32.1. The number of ether oxygens (including phenoxy) is 1. The highest BCUT2D eigenvalue weighted by Crippen LogP contribution is 2.25. The third-order valence-electron chi connectivity index (χ3n) is 4.04. The van der Waals surface area contributed by atoms with Crippen molar-refractivity contribution in [2.45, 2.75) is 19.4 Å². The van der Waals surface area contributed by atoms with Crippen molar-refractivity contribution >= 4 is 17.3 Å². The number of nitrogens with zero attached hydrogens (tertiary/aromatic N) is 1. The number of hydrogen-bond acceptors (Lipinski definition) is 4. The van der Waals surface area contributed by atoms with E-state index in [1.165, 1.54) is 0 Å². The topological polar surface area (TPSA) is 48.3 Å². The van der Waals surface area contributed by atoms with Gasteiger partial charge in [-0.05, 0) is 18.1 Å². The van der Waals surface area contributed by atoms with Crippen LogP contribution in [0.15, 0.2) is 70.8 Å². The van der Waals surface area contributed by atoms with Crippen LogP contribution in [0.4, 0.5) is 0 Å². The summed E-state index contributed by atoms with van der Waals surface area (Å²) in [6.07, 6.45) is 0. The maximum atomic E-state index is 12.7. The van der Waals surface area contributed by atoms with Crippen LogP contribution in [-0.4, -0.2) is 17.1 Å². The molecule has 0 aliphatic heterocycles. The Hall–Kier alpha value is -2.66. The third-order valence-corrected chi connectivity index (χ3v) is 4.92. The van der Waals surface area contributed by atoms with Crippen LogP contribution >= 0.6 is 11.3 Å². The first-order chi connectivity index (χ1) is 12.2. The highest BCUT2D eigenvalue weighted by Gasteiger charge is 2.24. The van der Waals surface area contributed by atoms with E-state index in [1.54, 1.807) is 9.95 Å². The van der Waals surface area contributed by atoms with Gasteiger partial charge in [0.15, 0.2) is 0 Å². The molecule has 5 heteroatoms. The fourth-order valence-corrected chi connectivity index (χ4v) is 3.51. The maximum absolute atomic E-state index is 12.7. The molecule has 0 radical (unpaired) electrons. The minimum Gasteiger partial charge on any atom is -0.463 e. The fraction of sp³-hybridized carbons (Fsp3) is 0.200. The van der Waals surface area contributed by atoms with Gasteiger partial charge in [-0.15, -0.1) is 0 Å². The second kappa shape index (κ2) is 7.94. The second-order valence-corrected chi connectivity index (χ2v) is 6.54. The van der Waals surface area contributed by atoms with Crippen LogP contribution in [-0.2, 0) is 16.1 Å². The highest BCUT2D eigenvalue weighted by molar-refractivity contribution is 7.07. The number of hydrogen-bond donors (Lipinski definition) is 0. The first kappa shape index (κ1) is 17.2. The monoisotopic (exact) mass is 353 g/mol. The van der Waals surface area contributed by atoms with Crippen molar-refractivity contribution in [1.82, 2.24) is 4.57 Å². The van der Waals surface area contributed by atoms with Crippen molar-refractivity contribution in [2.24, 2.45) is 0 Å². The Balaban J connectivity index is 1.75. The first-order valence-corrected chi connectivity index (χ1v) is 8.96. The fourth-order valence-electron chi connectivity index (χ4n) is 2.75. The zero-order valence-electron chi connectivity index (χ0n) is 13.9. The molecule has 0 aliphatic carbocycles. The summed E-state index contributed by atoms with van der Waals surface area (Å²) in [5, 5.41) is 1.81. The van der Waals surface area contributed by atoms with Gasteiger partial charge in [0.25, 0.3) is 0 Å². The van der Waals surface area contributed by atoms with Gasteiger partial charge in [-0.1, -0.05) is 72.0 Å². The molecule has 1 aromatic heterocycles.